The van der Waals surface area contributed by atoms with Gasteiger partial charge in [0, 0.05) is 39.0 Å². The van der Waals surface area contributed by atoms with Gasteiger partial charge in [0.1, 0.15) is 0 Å². The Morgan fingerprint density at radius 2 is 1.96 bits per heavy atom. The van der Waals surface area contributed by atoms with E-state index in [2.05, 4.69) is 20.6 Å². The molecule has 0 spiro atoms. The van der Waals surface area contributed by atoms with E-state index in [1.807, 2.05) is 0 Å². The molecule has 0 unspecified atom stereocenters. The van der Waals surface area contributed by atoms with Crippen LogP contribution in [0.4, 0.5) is 13.2 Å². The predicted octanol–water partition coefficient (Wildman–Crippen LogP) is 2.15. The molecule has 0 saturated heterocycles. The first kappa shape index (κ1) is 23.3. The van der Waals surface area contributed by atoms with Crippen LogP contribution in [-0.2, 0) is 22.1 Å². The van der Waals surface area contributed by atoms with Crippen LogP contribution in [0.3, 0.4) is 0 Å². The van der Waals surface area contributed by atoms with Gasteiger partial charge < -0.3 is 20.1 Å². The van der Waals surface area contributed by atoms with Gasteiger partial charge in [-0.2, -0.15) is 13.2 Å². The van der Waals surface area contributed by atoms with E-state index in [9.17, 15) is 13.2 Å². The van der Waals surface area contributed by atoms with E-state index in [1.165, 1.54) is 0 Å². The smallest absolute Gasteiger partial charge is 0.382 e. The van der Waals surface area contributed by atoms with Gasteiger partial charge in [0.2, 0.25) is 0 Å². The second-order valence-corrected chi connectivity index (χ2v) is 5.35. The third-order valence-electron chi connectivity index (χ3n) is 2.67. The Morgan fingerprint density at radius 1 is 1.25 bits per heavy atom. The maximum absolute atomic E-state index is 12.4. The van der Waals surface area contributed by atoms with Gasteiger partial charge in [-0.1, -0.05) is 0 Å². The fourth-order valence-electron chi connectivity index (χ4n) is 1.55. The topological polar surface area (TPSA) is 67.8 Å². The van der Waals surface area contributed by atoms with Crippen molar-refractivity contribution in [3.63, 3.8) is 0 Å². The molecule has 1 aromatic rings. The third-order valence-corrected chi connectivity index (χ3v) is 3.58. The minimum absolute atomic E-state index is 0. The molecule has 1 aromatic heterocycles. The molecule has 0 amide bonds. The van der Waals surface area contributed by atoms with E-state index in [0.29, 0.717) is 50.3 Å². The molecule has 1 rings (SSSR count). The summed E-state index contributed by atoms with van der Waals surface area (Å²) in [7, 11) is 3.22. The normalized spacial score (nSPS) is 12.0. The van der Waals surface area contributed by atoms with Gasteiger partial charge in [0.25, 0.3) is 0 Å². The first-order chi connectivity index (χ1) is 11.0. The predicted molar refractivity (Wildman–Crippen MR) is 98.3 cm³/mol. The second-order valence-electron chi connectivity index (χ2n) is 4.41. The van der Waals surface area contributed by atoms with Crippen molar-refractivity contribution in [3.05, 3.63) is 16.1 Å². The highest BCUT2D eigenvalue weighted by molar-refractivity contribution is 14.0. The molecular weight excluding hydrogens is 460 g/mol. The number of halogens is 4. The van der Waals surface area contributed by atoms with Crippen molar-refractivity contribution < 1.29 is 22.6 Å². The van der Waals surface area contributed by atoms with Crippen molar-refractivity contribution in [2.24, 2.45) is 4.99 Å². The zero-order chi connectivity index (χ0) is 17.1. The van der Waals surface area contributed by atoms with Gasteiger partial charge in [-0.05, 0) is 0 Å². The fourth-order valence-corrected chi connectivity index (χ4v) is 2.36. The number of guanidine groups is 1. The van der Waals surface area contributed by atoms with Gasteiger partial charge >= 0.3 is 6.18 Å². The summed E-state index contributed by atoms with van der Waals surface area (Å²) in [4.78, 5) is 7.58. The Hall–Kier alpha value is -0.660. The number of thiazole rings is 1. The average molecular weight is 482 g/mol. The Morgan fingerprint density at radius 3 is 2.54 bits per heavy atom. The summed E-state index contributed by atoms with van der Waals surface area (Å²) >= 11 is 1.00. The lowest BCUT2D eigenvalue weighted by Crippen LogP contribution is -2.39. The van der Waals surface area contributed by atoms with Crippen LogP contribution in [0, 0.1) is 0 Å². The number of hydrogen-bond donors (Lipinski definition) is 2. The molecule has 0 saturated carbocycles. The monoisotopic (exact) mass is 482 g/mol. The van der Waals surface area contributed by atoms with Gasteiger partial charge in [0.15, 0.2) is 11.7 Å². The van der Waals surface area contributed by atoms with E-state index >= 15 is 0 Å². The van der Waals surface area contributed by atoms with E-state index in [4.69, 9.17) is 9.47 Å². The second kappa shape index (κ2) is 12.7. The van der Waals surface area contributed by atoms with Gasteiger partial charge in [0.05, 0.1) is 24.8 Å². The molecule has 24 heavy (non-hydrogen) atoms. The SMILES string of the molecule is CN=C(NCCOCCOC)NCCc1nc(C(F)(F)F)cs1.I. The first-order valence-corrected chi connectivity index (χ1v) is 7.88. The van der Waals surface area contributed by atoms with Crippen molar-refractivity contribution >= 4 is 41.3 Å². The summed E-state index contributed by atoms with van der Waals surface area (Å²) in [6.07, 6.45) is -3.99. The van der Waals surface area contributed by atoms with Crippen LogP contribution in [0.25, 0.3) is 0 Å². The number of nitrogens with zero attached hydrogens (tertiary/aromatic N) is 2. The van der Waals surface area contributed by atoms with Crippen molar-refractivity contribution in [2.75, 3.05) is 47.1 Å². The molecule has 1 heterocycles. The van der Waals surface area contributed by atoms with Crippen LogP contribution in [-0.4, -0.2) is 58.0 Å². The fraction of sp³-hybridized carbons (Fsp3) is 0.692. The molecule has 11 heteroatoms. The summed E-state index contributed by atoms with van der Waals surface area (Å²) < 4.78 is 47.5. The average Bonchev–Trinajstić information content (AvgIpc) is 2.98. The summed E-state index contributed by atoms with van der Waals surface area (Å²) in [5.74, 6) is 0.563. The Bertz CT molecular complexity index is 486. The summed E-state index contributed by atoms with van der Waals surface area (Å²) in [6, 6.07) is 0. The molecular formula is C13H22F3IN4O2S. The summed E-state index contributed by atoms with van der Waals surface area (Å²) in [5.41, 5.74) is -0.840. The van der Waals surface area contributed by atoms with Crippen LogP contribution < -0.4 is 10.6 Å². The Kier molecular flexibility index (Phi) is 12.3. The molecule has 0 atom stereocenters. The largest absolute Gasteiger partial charge is 0.434 e. The molecule has 0 aromatic carbocycles. The van der Waals surface area contributed by atoms with Crippen LogP contribution in [0.2, 0.25) is 0 Å². The van der Waals surface area contributed by atoms with Crippen LogP contribution >= 0.6 is 35.3 Å². The van der Waals surface area contributed by atoms with E-state index in [0.717, 1.165) is 16.7 Å². The number of ether oxygens (including phenoxy) is 2. The lowest BCUT2D eigenvalue weighted by Gasteiger charge is -2.11. The molecule has 140 valence electrons. The number of nitrogens with one attached hydrogen (secondary N) is 2. The van der Waals surface area contributed by atoms with Crippen LogP contribution in [0.15, 0.2) is 10.4 Å². The van der Waals surface area contributed by atoms with Gasteiger partial charge in [-0.3, -0.25) is 4.99 Å². The van der Waals surface area contributed by atoms with Crippen LogP contribution in [0.5, 0.6) is 0 Å². The third kappa shape index (κ3) is 9.59. The van der Waals surface area contributed by atoms with Gasteiger partial charge in [-0.25, -0.2) is 4.98 Å². The van der Waals surface area contributed by atoms with Crippen molar-refractivity contribution in [3.8, 4) is 0 Å². The molecule has 2 N–H and O–H groups in total. The van der Waals surface area contributed by atoms with E-state index in [1.54, 1.807) is 14.2 Å². The zero-order valence-electron chi connectivity index (χ0n) is 13.5. The number of aliphatic imine (C=N–C) groups is 1. The Labute approximate surface area is 160 Å². The number of hydrogen-bond acceptors (Lipinski definition) is 5. The molecule has 0 radical (unpaired) electrons. The highest BCUT2D eigenvalue weighted by atomic mass is 127. The molecule has 0 fully saturated rings. The summed E-state index contributed by atoms with van der Waals surface area (Å²) in [6.45, 7) is 2.58. The summed E-state index contributed by atoms with van der Waals surface area (Å²) in [5, 5.41) is 7.51. The van der Waals surface area contributed by atoms with Crippen molar-refractivity contribution in [1.82, 2.24) is 15.6 Å². The molecule has 6 nitrogen and oxygen atoms in total. The quantitative estimate of drug-likeness (QED) is 0.245. The number of aromatic nitrogens is 1. The first-order valence-electron chi connectivity index (χ1n) is 7.00. The number of alkyl halides is 3. The lowest BCUT2D eigenvalue weighted by atomic mass is 10.4. The van der Waals surface area contributed by atoms with E-state index in [-0.39, 0.29) is 24.0 Å². The highest BCUT2D eigenvalue weighted by Crippen LogP contribution is 2.29. The highest BCUT2D eigenvalue weighted by Gasteiger charge is 2.33. The van der Waals surface area contributed by atoms with E-state index < -0.39 is 11.9 Å². The minimum Gasteiger partial charge on any atom is -0.382 e. The van der Waals surface area contributed by atoms with Crippen molar-refractivity contribution in [1.29, 1.82) is 0 Å². The Balaban J connectivity index is 0.00000529. The number of methoxy groups -OCH3 is 1. The molecule has 0 aliphatic carbocycles. The standard InChI is InChI=1S/C13H21F3N4O2S.HI/c1-17-12(19-5-6-22-8-7-21-2)18-4-3-11-20-10(9-23-11)13(14,15)16;/h9H,3-8H2,1-2H3,(H2,17,18,19);1H. The van der Waals surface area contributed by atoms with Crippen LogP contribution in [0.1, 0.15) is 10.7 Å². The maximum Gasteiger partial charge on any atom is 0.434 e. The molecule has 0 aliphatic rings. The van der Waals surface area contributed by atoms with Gasteiger partial charge in [-0.15, -0.1) is 35.3 Å². The maximum atomic E-state index is 12.4. The lowest BCUT2D eigenvalue weighted by molar-refractivity contribution is -0.140. The van der Waals surface area contributed by atoms with Crippen molar-refractivity contribution in [2.45, 2.75) is 12.6 Å². The molecule has 0 bridgehead atoms. The zero-order valence-corrected chi connectivity index (χ0v) is 16.6. The number of rotatable bonds is 9. The minimum atomic E-state index is -4.39. The molecule has 0 aliphatic heterocycles.